The van der Waals surface area contributed by atoms with Crippen molar-refractivity contribution >= 4 is 28.3 Å². The third-order valence-corrected chi connectivity index (χ3v) is 2.64. The third kappa shape index (κ3) is 1.65. The van der Waals surface area contributed by atoms with Gasteiger partial charge in [-0.25, -0.2) is 0 Å². The maximum absolute atomic E-state index is 10.3. The minimum atomic E-state index is -0.429. The minimum Gasteiger partial charge on any atom is -0.258 e. The van der Waals surface area contributed by atoms with Crippen LogP contribution in [0.2, 0.25) is 0 Å². The normalized spacial score (nSPS) is 9.64. The molecule has 1 aromatic heterocycles. The highest BCUT2D eigenvalue weighted by atomic mass is 127. The zero-order chi connectivity index (χ0) is 8.43. The lowest BCUT2D eigenvalue weighted by Gasteiger charge is -1.96. The number of aromatic nitrogens is 1. The van der Waals surface area contributed by atoms with Crippen LogP contribution in [-0.4, -0.2) is 9.91 Å². The molecule has 1 aromatic rings. The highest BCUT2D eigenvalue weighted by Crippen LogP contribution is 2.21. The highest BCUT2D eigenvalue weighted by molar-refractivity contribution is 14.1. The van der Waals surface area contributed by atoms with E-state index < -0.39 is 4.92 Å². The van der Waals surface area contributed by atoms with Gasteiger partial charge in [0.1, 0.15) is 6.20 Å². The molecule has 5 heteroatoms. The molecular weight excluding hydrogens is 259 g/mol. The smallest absolute Gasteiger partial charge is 0.258 e. The second kappa shape index (κ2) is 3.12. The number of pyridine rings is 1. The van der Waals surface area contributed by atoms with Crippen LogP contribution in [0.4, 0.5) is 5.69 Å². The Balaban J connectivity index is 3.27. The van der Waals surface area contributed by atoms with Crippen molar-refractivity contribution in [3.8, 4) is 0 Å². The van der Waals surface area contributed by atoms with E-state index in [1.807, 2.05) is 22.6 Å². The van der Waals surface area contributed by atoms with Gasteiger partial charge in [0.2, 0.25) is 0 Å². The summed E-state index contributed by atoms with van der Waals surface area (Å²) >= 11 is 1.94. The van der Waals surface area contributed by atoms with Gasteiger partial charge < -0.3 is 0 Å². The lowest BCUT2D eigenvalue weighted by molar-refractivity contribution is -0.386. The maximum Gasteiger partial charge on any atom is 0.301 e. The van der Waals surface area contributed by atoms with Crippen molar-refractivity contribution in [3.05, 3.63) is 31.6 Å². The van der Waals surface area contributed by atoms with Crippen molar-refractivity contribution in [2.45, 2.75) is 6.92 Å². The number of nitrogens with zero attached hydrogens (tertiary/aromatic N) is 2. The van der Waals surface area contributed by atoms with E-state index in [0.717, 1.165) is 5.56 Å². The predicted octanol–water partition coefficient (Wildman–Crippen LogP) is 1.90. The Morgan fingerprint density at radius 3 is 2.73 bits per heavy atom. The molecule has 0 spiro atoms. The van der Waals surface area contributed by atoms with Crippen LogP contribution in [0, 0.1) is 20.6 Å². The fourth-order valence-electron chi connectivity index (χ4n) is 0.662. The fraction of sp³-hybridized carbons (Fsp3) is 0.167. The summed E-state index contributed by atoms with van der Waals surface area (Å²) in [5.41, 5.74) is 0.908. The molecule has 0 aliphatic carbocycles. The molecule has 0 saturated carbocycles. The SMILES string of the molecule is Cc1cncc([N+](=O)[O-])c1I. The first kappa shape index (κ1) is 8.38. The van der Waals surface area contributed by atoms with Gasteiger partial charge in [-0.05, 0) is 35.1 Å². The van der Waals surface area contributed by atoms with Gasteiger partial charge in [0.15, 0.2) is 0 Å². The summed E-state index contributed by atoms with van der Waals surface area (Å²) < 4.78 is 0.655. The van der Waals surface area contributed by atoms with Crippen LogP contribution in [0.25, 0.3) is 0 Å². The van der Waals surface area contributed by atoms with Crippen molar-refractivity contribution in [1.29, 1.82) is 0 Å². The number of halogens is 1. The van der Waals surface area contributed by atoms with Crippen LogP contribution < -0.4 is 0 Å². The summed E-state index contributed by atoms with van der Waals surface area (Å²) in [5, 5.41) is 10.3. The molecule has 1 rings (SSSR count). The van der Waals surface area contributed by atoms with Crippen LogP contribution in [0.1, 0.15) is 5.56 Å². The molecule has 0 unspecified atom stereocenters. The van der Waals surface area contributed by atoms with Crippen molar-refractivity contribution in [3.63, 3.8) is 0 Å². The van der Waals surface area contributed by atoms with Crippen molar-refractivity contribution < 1.29 is 4.92 Å². The average molecular weight is 264 g/mol. The number of rotatable bonds is 1. The van der Waals surface area contributed by atoms with E-state index in [2.05, 4.69) is 4.98 Å². The first-order valence-corrected chi connectivity index (χ1v) is 3.95. The van der Waals surface area contributed by atoms with Crippen LogP contribution in [0.5, 0.6) is 0 Å². The van der Waals surface area contributed by atoms with E-state index in [4.69, 9.17) is 0 Å². The average Bonchev–Trinajstić information content (AvgIpc) is 1.94. The van der Waals surface area contributed by atoms with Gasteiger partial charge in [-0.3, -0.25) is 15.1 Å². The molecule has 0 fully saturated rings. The Bertz CT molecular complexity index is 301. The predicted molar refractivity (Wildman–Crippen MR) is 48.3 cm³/mol. The Kier molecular flexibility index (Phi) is 2.38. The molecule has 0 bridgehead atoms. The number of hydrogen-bond acceptors (Lipinski definition) is 3. The van der Waals surface area contributed by atoms with E-state index in [-0.39, 0.29) is 5.69 Å². The van der Waals surface area contributed by atoms with Crippen LogP contribution in [0.3, 0.4) is 0 Å². The zero-order valence-electron chi connectivity index (χ0n) is 5.74. The number of aryl methyl sites for hydroxylation is 1. The molecule has 1 heterocycles. The zero-order valence-corrected chi connectivity index (χ0v) is 7.90. The van der Waals surface area contributed by atoms with Crippen LogP contribution >= 0.6 is 22.6 Å². The second-order valence-corrected chi connectivity index (χ2v) is 3.13. The van der Waals surface area contributed by atoms with E-state index in [9.17, 15) is 10.1 Å². The molecule has 0 radical (unpaired) electrons. The number of hydrogen-bond donors (Lipinski definition) is 0. The summed E-state index contributed by atoms with van der Waals surface area (Å²) in [7, 11) is 0. The van der Waals surface area contributed by atoms with Gasteiger partial charge in [-0.1, -0.05) is 0 Å². The van der Waals surface area contributed by atoms with Gasteiger partial charge >= 0.3 is 5.69 Å². The first-order chi connectivity index (χ1) is 5.13. The molecule has 58 valence electrons. The molecular formula is C6H5IN2O2. The van der Waals surface area contributed by atoms with Crippen molar-refractivity contribution in [2.24, 2.45) is 0 Å². The van der Waals surface area contributed by atoms with E-state index in [1.54, 1.807) is 13.1 Å². The summed E-state index contributed by atoms with van der Waals surface area (Å²) in [6.07, 6.45) is 2.86. The molecule has 0 atom stereocenters. The minimum absolute atomic E-state index is 0.0746. The van der Waals surface area contributed by atoms with Gasteiger partial charge in [-0.2, -0.15) is 0 Å². The summed E-state index contributed by atoms with van der Waals surface area (Å²) in [4.78, 5) is 13.6. The highest BCUT2D eigenvalue weighted by Gasteiger charge is 2.12. The summed E-state index contributed by atoms with van der Waals surface area (Å²) in [5.74, 6) is 0. The quantitative estimate of drug-likeness (QED) is 0.442. The number of nitro groups is 1. The second-order valence-electron chi connectivity index (χ2n) is 2.05. The topological polar surface area (TPSA) is 56.0 Å². The largest absolute Gasteiger partial charge is 0.301 e. The molecule has 0 aliphatic heterocycles. The van der Waals surface area contributed by atoms with Gasteiger partial charge in [0.05, 0.1) is 8.49 Å². The molecule has 0 N–H and O–H groups in total. The van der Waals surface area contributed by atoms with Gasteiger partial charge in [0, 0.05) is 6.20 Å². The maximum atomic E-state index is 10.3. The lowest BCUT2D eigenvalue weighted by Crippen LogP contribution is -1.94. The molecule has 0 aliphatic rings. The Morgan fingerprint density at radius 1 is 1.64 bits per heavy atom. The lowest BCUT2D eigenvalue weighted by atomic mass is 10.3. The van der Waals surface area contributed by atoms with Crippen molar-refractivity contribution in [2.75, 3.05) is 0 Å². The Hall–Kier alpha value is -0.720. The molecule has 0 saturated heterocycles. The first-order valence-electron chi connectivity index (χ1n) is 2.87. The van der Waals surface area contributed by atoms with Crippen LogP contribution in [-0.2, 0) is 0 Å². The Morgan fingerprint density at radius 2 is 2.27 bits per heavy atom. The van der Waals surface area contributed by atoms with Crippen LogP contribution in [0.15, 0.2) is 12.4 Å². The molecule has 0 amide bonds. The molecule has 11 heavy (non-hydrogen) atoms. The molecule has 0 aromatic carbocycles. The summed E-state index contributed by atoms with van der Waals surface area (Å²) in [6.45, 7) is 1.79. The van der Waals surface area contributed by atoms with E-state index in [1.165, 1.54) is 6.20 Å². The third-order valence-electron chi connectivity index (χ3n) is 1.23. The van der Waals surface area contributed by atoms with Gasteiger partial charge in [-0.15, -0.1) is 0 Å². The fourth-order valence-corrected chi connectivity index (χ4v) is 1.14. The monoisotopic (exact) mass is 264 g/mol. The Labute approximate surface area is 76.9 Å². The summed E-state index contributed by atoms with van der Waals surface area (Å²) in [6, 6.07) is 0. The van der Waals surface area contributed by atoms with Crippen molar-refractivity contribution in [1.82, 2.24) is 4.98 Å². The van der Waals surface area contributed by atoms with Gasteiger partial charge in [0.25, 0.3) is 0 Å². The van der Waals surface area contributed by atoms with E-state index in [0.29, 0.717) is 3.57 Å². The van der Waals surface area contributed by atoms with E-state index >= 15 is 0 Å². The molecule has 4 nitrogen and oxygen atoms in total. The standard InChI is InChI=1S/C6H5IN2O2/c1-4-2-8-3-5(6(4)7)9(10)11/h2-3H,1H3.